The van der Waals surface area contributed by atoms with E-state index >= 15 is 0 Å². The van der Waals surface area contributed by atoms with Crippen molar-refractivity contribution in [3.05, 3.63) is 36.0 Å². The number of nitrogens with one attached hydrogen (secondary N) is 4. The van der Waals surface area contributed by atoms with Gasteiger partial charge in [0.05, 0.1) is 6.54 Å². The monoisotopic (exact) mass is 520 g/mol. The van der Waals surface area contributed by atoms with Gasteiger partial charge in [0.25, 0.3) is 0 Å². The summed E-state index contributed by atoms with van der Waals surface area (Å²) in [6.07, 6.45) is 5.53. The minimum absolute atomic E-state index is 0.176. The van der Waals surface area contributed by atoms with Crippen molar-refractivity contribution in [2.45, 2.75) is 50.2 Å². The minimum atomic E-state index is -1.15. The Labute approximate surface area is 214 Å². The molecule has 0 saturated carbocycles. The highest BCUT2D eigenvalue weighted by Gasteiger charge is 2.29. The first kappa shape index (κ1) is 29.1. The fourth-order valence-corrected chi connectivity index (χ4v) is 4.25. The summed E-state index contributed by atoms with van der Waals surface area (Å²) < 4.78 is 0. The van der Waals surface area contributed by atoms with Gasteiger partial charge in [0.15, 0.2) is 0 Å². The molecule has 0 spiro atoms. The molecule has 3 amide bonds. The number of rotatable bonds is 16. The zero-order chi connectivity index (χ0) is 26.5. The predicted octanol–water partition coefficient (Wildman–Crippen LogP) is 0.0902. The number of benzene rings is 1. The van der Waals surface area contributed by atoms with Crippen LogP contribution in [-0.4, -0.2) is 77.0 Å². The van der Waals surface area contributed by atoms with Gasteiger partial charge in [-0.2, -0.15) is 11.8 Å². The van der Waals surface area contributed by atoms with E-state index in [1.807, 2.05) is 30.5 Å². The zero-order valence-corrected chi connectivity index (χ0v) is 21.2. The molecule has 0 radical (unpaired) electrons. The van der Waals surface area contributed by atoms with Crippen LogP contribution >= 0.6 is 11.8 Å². The first-order valence-corrected chi connectivity index (χ1v) is 13.3. The van der Waals surface area contributed by atoms with Crippen LogP contribution in [0.25, 0.3) is 10.9 Å². The van der Waals surface area contributed by atoms with E-state index in [9.17, 15) is 24.3 Å². The van der Waals surface area contributed by atoms with Gasteiger partial charge in [0.2, 0.25) is 17.7 Å². The number of hydrogen-bond donors (Lipinski definition) is 7. The van der Waals surface area contributed by atoms with Gasteiger partial charge in [-0.3, -0.25) is 14.4 Å². The van der Waals surface area contributed by atoms with Crippen molar-refractivity contribution >= 4 is 46.4 Å². The molecule has 0 bridgehead atoms. The fourth-order valence-electron chi connectivity index (χ4n) is 3.78. The number of amides is 3. The van der Waals surface area contributed by atoms with Crippen LogP contribution in [0.5, 0.6) is 0 Å². The van der Waals surface area contributed by atoms with E-state index in [1.165, 1.54) is 11.8 Å². The van der Waals surface area contributed by atoms with Crippen LogP contribution < -0.4 is 27.4 Å². The quantitative estimate of drug-likeness (QED) is 0.151. The molecule has 3 unspecified atom stereocenters. The normalized spacial score (nSPS) is 13.5. The first-order chi connectivity index (χ1) is 17.3. The summed E-state index contributed by atoms with van der Waals surface area (Å²) in [5, 5.41) is 18.3. The van der Waals surface area contributed by atoms with E-state index in [-0.39, 0.29) is 19.4 Å². The maximum atomic E-state index is 13.3. The van der Waals surface area contributed by atoms with Crippen molar-refractivity contribution < 1.29 is 24.3 Å². The summed E-state index contributed by atoms with van der Waals surface area (Å²) >= 11 is 1.49. The number of aromatic amines is 1. The standard InChI is InChI=1S/C24H36N6O5S/c1-36-11-9-18(22(32)30-19(24(34)35)8-4-5-10-25)29-23(33)20(28-21(31)13-26)12-15-14-27-17-7-3-2-6-16(15)17/h2-3,6-7,14,18-20,27H,4-5,8-13,25-26H2,1H3,(H,28,31)(H,29,33)(H,30,32)(H,34,35). The molecule has 1 heterocycles. The molecule has 0 aliphatic rings. The molecule has 2 rings (SSSR count). The Morgan fingerprint density at radius 1 is 0.972 bits per heavy atom. The number of carboxylic acids is 1. The SMILES string of the molecule is CSCCC(NC(=O)C(Cc1c[nH]c2ccccc12)NC(=O)CN)C(=O)NC(CCCCN)C(=O)O. The van der Waals surface area contributed by atoms with Crippen molar-refractivity contribution in [3.63, 3.8) is 0 Å². The number of aromatic nitrogens is 1. The zero-order valence-electron chi connectivity index (χ0n) is 20.4. The summed E-state index contributed by atoms with van der Waals surface area (Å²) in [5.41, 5.74) is 12.6. The van der Waals surface area contributed by atoms with E-state index < -0.39 is 41.8 Å². The van der Waals surface area contributed by atoms with E-state index in [0.29, 0.717) is 31.6 Å². The molecule has 0 aliphatic carbocycles. The maximum absolute atomic E-state index is 13.3. The van der Waals surface area contributed by atoms with E-state index in [1.54, 1.807) is 6.20 Å². The molecule has 12 heteroatoms. The highest BCUT2D eigenvalue weighted by atomic mass is 32.2. The smallest absolute Gasteiger partial charge is 0.326 e. The molecule has 1 aromatic heterocycles. The first-order valence-electron chi connectivity index (χ1n) is 11.9. The van der Waals surface area contributed by atoms with Crippen LogP contribution in [0, 0.1) is 0 Å². The highest BCUT2D eigenvalue weighted by Crippen LogP contribution is 2.19. The lowest BCUT2D eigenvalue weighted by Crippen LogP contribution is -2.56. The summed E-state index contributed by atoms with van der Waals surface area (Å²) in [6, 6.07) is 4.54. The Morgan fingerprint density at radius 3 is 2.33 bits per heavy atom. The van der Waals surface area contributed by atoms with Crippen LogP contribution in [0.3, 0.4) is 0 Å². The fraction of sp³-hybridized carbons (Fsp3) is 0.500. The molecule has 198 valence electrons. The second-order valence-electron chi connectivity index (χ2n) is 8.41. The molecule has 2 aromatic rings. The number of hydrogen-bond acceptors (Lipinski definition) is 7. The molecule has 0 aliphatic heterocycles. The number of aliphatic carboxylic acids is 1. The molecule has 0 fully saturated rings. The van der Waals surface area contributed by atoms with Crippen molar-refractivity contribution in [2.75, 3.05) is 25.1 Å². The number of para-hydroxylation sites is 1. The number of carbonyl (C=O) groups excluding carboxylic acids is 3. The Bertz CT molecular complexity index is 1030. The third-order valence-electron chi connectivity index (χ3n) is 5.74. The molecular formula is C24H36N6O5S. The number of nitrogens with two attached hydrogens (primary N) is 2. The number of unbranched alkanes of at least 4 members (excludes halogenated alkanes) is 1. The predicted molar refractivity (Wildman–Crippen MR) is 140 cm³/mol. The number of carboxylic acid groups (broad SMARTS) is 1. The van der Waals surface area contributed by atoms with Gasteiger partial charge in [0.1, 0.15) is 18.1 Å². The Balaban J connectivity index is 2.18. The third-order valence-corrected chi connectivity index (χ3v) is 6.39. The van der Waals surface area contributed by atoms with E-state index in [2.05, 4.69) is 20.9 Å². The van der Waals surface area contributed by atoms with E-state index in [0.717, 1.165) is 16.5 Å². The van der Waals surface area contributed by atoms with Gasteiger partial charge in [-0.1, -0.05) is 18.2 Å². The molecular weight excluding hydrogens is 484 g/mol. The topological polar surface area (TPSA) is 192 Å². The highest BCUT2D eigenvalue weighted by molar-refractivity contribution is 7.98. The Hall–Kier alpha value is -3.09. The summed E-state index contributed by atoms with van der Waals surface area (Å²) in [6.45, 7) is 0.135. The Kier molecular flexibility index (Phi) is 12.2. The average Bonchev–Trinajstić information content (AvgIpc) is 3.27. The molecule has 3 atom stereocenters. The van der Waals surface area contributed by atoms with Gasteiger partial charge >= 0.3 is 5.97 Å². The number of H-pyrrole nitrogens is 1. The maximum Gasteiger partial charge on any atom is 0.326 e. The van der Waals surface area contributed by atoms with E-state index in [4.69, 9.17) is 11.5 Å². The lowest BCUT2D eigenvalue weighted by molar-refractivity contribution is -0.142. The minimum Gasteiger partial charge on any atom is -0.480 e. The van der Waals surface area contributed by atoms with Crippen LogP contribution in [0.15, 0.2) is 30.5 Å². The summed E-state index contributed by atoms with van der Waals surface area (Å²) in [5.74, 6) is -2.24. The van der Waals surface area contributed by atoms with Gasteiger partial charge in [-0.25, -0.2) is 4.79 Å². The van der Waals surface area contributed by atoms with Crippen LogP contribution in [-0.2, 0) is 25.6 Å². The van der Waals surface area contributed by atoms with Crippen molar-refractivity contribution in [1.29, 1.82) is 0 Å². The third kappa shape index (κ3) is 8.85. The molecule has 36 heavy (non-hydrogen) atoms. The average molecular weight is 521 g/mol. The van der Waals surface area contributed by atoms with Crippen molar-refractivity contribution in [2.24, 2.45) is 11.5 Å². The lowest BCUT2D eigenvalue weighted by atomic mass is 10.0. The van der Waals surface area contributed by atoms with Gasteiger partial charge in [0, 0.05) is 23.5 Å². The van der Waals surface area contributed by atoms with Gasteiger partial charge in [-0.05, 0) is 55.9 Å². The molecule has 11 nitrogen and oxygen atoms in total. The van der Waals surface area contributed by atoms with Gasteiger partial charge < -0.3 is 37.5 Å². The van der Waals surface area contributed by atoms with Gasteiger partial charge in [-0.15, -0.1) is 0 Å². The number of fused-ring (bicyclic) bond motifs is 1. The van der Waals surface area contributed by atoms with Crippen LogP contribution in [0.1, 0.15) is 31.2 Å². The Morgan fingerprint density at radius 2 is 1.67 bits per heavy atom. The van der Waals surface area contributed by atoms with Crippen molar-refractivity contribution in [1.82, 2.24) is 20.9 Å². The second-order valence-corrected chi connectivity index (χ2v) is 9.40. The van der Waals surface area contributed by atoms with Crippen LogP contribution in [0.4, 0.5) is 0 Å². The summed E-state index contributed by atoms with van der Waals surface area (Å²) in [4.78, 5) is 53.1. The lowest BCUT2D eigenvalue weighted by Gasteiger charge is -2.24. The second kappa shape index (κ2) is 15.1. The van der Waals surface area contributed by atoms with Crippen LogP contribution in [0.2, 0.25) is 0 Å². The molecule has 0 saturated heterocycles. The number of carbonyl (C=O) groups is 4. The number of thioether (sulfide) groups is 1. The molecule has 1 aromatic carbocycles. The largest absolute Gasteiger partial charge is 0.480 e. The molecule has 9 N–H and O–H groups in total. The summed E-state index contributed by atoms with van der Waals surface area (Å²) in [7, 11) is 0. The van der Waals surface area contributed by atoms with Crippen molar-refractivity contribution in [3.8, 4) is 0 Å².